The molecular weight excluding hydrogens is 531 g/mol. The van der Waals surface area contributed by atoms with Gasteiger partial charge < -0.3 is 0 Å². The highest BCUT2D eigenvalue weighted by Gasteiger charge is 2.65. The summed E-state index contributed by atoms with van der Waals surface area (Å²) in [4.78, 5) is 24.5. The number of alkyl halides is 3. The molecule has 0 spiro atoms. The minimum Gasteiger partial charge on any atom is -0.299 e. The van der Waals surface area contributed by atoms with Crippen molar-refractivity contribution in [1.29, 1.82) is 0 Å². The van der Waals surface area contributed by atoms with Gasteiger partial charge in [0, 0.05) is 17.2 Å². The SMILES string of the molecule is C[C@]12CC(Br)C(=O)C(F)=C1C(Br)(CBr)C[C@@H]1[C@H]2CC[C@]2(C)C(=O)CC[C@@H]12. The zero-order valence-electron chi connectivity index (χ0n) is 15.1. The maximum Gasteiger partial charge on any atom is 0.204 e. The fourth-order valence-electron chi connectivity index (χ4n) is 6.86. The summed E-state index contributed by atoms with van der Waals surface area (Å²) in [7, 11) is 0. The lowest BCUT2D eigenvalue weighted by Gasteiger charge is -2.61. The van der Waals surface area contributed by atoms with Crippen molar-refractivity contribution in [2.45, 2.75) is 61.5 Å². The van der Waals surface area contributed by atoms with Crippen molar-refractivity contribution < 1.29 is 14.0 Å². The van der Waals surface area contributed by atoms with Crippen LogP contribution in [0.3, 0.4) is 0 Å². The summed E-state index contributed by atoms with van der Waals surface area (Å²) in [5.41, 5.74) is 0.0894. The molecule has 0 aliphatic heterocycles. The van der Waals surface area contributed by atoms with Crippen molar-refractivity contribution >= 4 is 59.4 Å². The van der Waals surface area contributed by atoms with Crippen molar-refractivity contribution in [3.05, 3.63) is 11.4 Å². The quantitative estimate of drug-likeness (QED) is 0.378. The predicted octanol–water partition coefficient (Wildman–Crippen LogP) is 5.90. The third-order valence-corrected chi connectivity index (χ3v) is 11.5. The highest BCUT2D eigenvalue weighted by molar-refractivity contribution is 9.12. The molecule has 144 valence electrons. The normalized spacial score (nSPS) is 51.2. The molecule has 7 atom stereocenters. The van der Waals surface area contributed by atoms with Gasteiger partial charge in [0.1, 0.15) is 5.78 Å². The van der Waals surface area contributed by atoms with E-state index in [2.05, 4.69) is 61.6 Å². The second kappa shape index (κ2) is 6.22. The number of carbonyl (C=O) groups excluding carboxylic acids is 2. The molecule has 3 saturated carbocycles. The molecule has 26 heavy (non-hydrogen) atoms. The number of hydrogen-bond donors (Lipinski definition) is 0. The average Bonchev–Trinajstić information content (AvgIpc) is 2.88. The Morgan fingerprint density at radius 2 is 1.77 bits per heavy atom. The number of ketones is 2. The summed E-state index contributed by atoms with van der Waals surface area (Å²) in [5.74, 6) is 0.521. The Bertz CT molecular complexity index is 722. The van der Waals surface area contributed by atoms with Gasteiger partial charge in [-0.25, -0.2) is 4.39 Å². The van der Waals surface area contributed by atoms with E-state index in [1.54, 1.807) is 0 Å². The molecule has 4 aliphatic rings. The largest absolute Gasteiger partial charge is 0.299 e. The lowest BCUT2D eigenvalue weighted by molar-refractivity contribution is -0.133. The van der Waals surface area contributed by atoms with E-state index in [0.29, 0.717) is 47.3 Å². The van der Waals surface area contributed by atoms with Gasteiger partial charge in [0.25, 0.3) is 0 Å². The Morgan fingerprint density at radius 1 is 1.12 bits per heavy atom. The monoisotopic (exact) mass is 552 g/mol. The lowest BCUT2D eigenvalue weighted by Crippen LogP contribution is -2.58. The van der Waals surface area contributed by atoms with Gasteiger partial charge in [-0.15, -0.1) is 0 Å². The first kappa shape index (κ1) is 19.8. The van der Waals surface area contributed by atoms with E-state index >= 15 is 4.39 Å². The number of hydrogen-bond acceptors (Lipinski definition) is 2. The van der Waals surface area contributed by atoms with Gasteiger partial charge in [0.05, 0.1) is 9.15 Å². The van der Waals surface area contributed by atoms with Gasteiger partial charge in [-0.3, -0.25) is 9.59 Å². The van der Waals surface area contributed by atoms with E-state index in [9.17, 15) is 9.59 Å². The minimum absolute atomic E-state index is 0.212. The molecule has 2 nitrogen and oxygen atoms in total. The van der Waals surface area contributed by atoms with Gasteiger partial charge in [-0.1, -0.05) is 61.6 Å². The molecule has 4 rings (SSSR count). The van der Waals surface area contributed by atoms with Crippen LogP contribution in [0.5, 0.6) is 0 Å². The smallest absolute Gasteiger partial charge is 0.204 e. The molecule has 0 bridgehead atoms. The lowest BCUT2D eigenvalue weighted by atomic mass is 9.45. The Morgan fingerprint density at radius 3 is 2.42 bits per heavy atom. The summed E-state index contributed by atoms with van der Waals surface area (Å²) in [6.07, 6.45) is 4.89. The highest BCUT2D eigenvalue weighted by Crippen LogP contribution is 2.68. The van der Waals surface area contributed by atoms with Crippen LogP contribution in [0.2, 0.25) is 0 Å². The van der Waals surface area contributed by atoms with E-state index in [4.69, 9.17) is 0 Å². The number of carbonyl (C=O) groups is 2. The number of Topliss-reactive ketones (excluding diaryl/α,β-unsaturated/α-hetero) is 2. The Hall–Kier alpha value is 0.450. The van der Waals surface area contributed by atoms with Crippen LogP contribution in [0.1, 0.15) is 52.4 Å². The van der Waals surface area contributed by atoms with E-state index in [1.165, 1.54) is 0 Å². The zero-order valence-corrected chi connectivity index (χ0v) is 19.8. The summed E-state index contributed by atoms with van der Waals surface area (Å²) in [6, 6.07) is 0. The Kier molecular flexibility index (Phi) is 4.73. The van der Waals surface area contributed by atoms with Crippen LogP contribution >= 0.6 is 47.8 Å². The minimum atomic E-state index is -0.556. The van der Waals surface area contributed by atoms with Crippen molar-refractivity contribution in [2.24, 2.45) is 28.6 Å². The maximum absolute atomic E-state index is 15.3. The van der Waals surface area contributed by atoms with E-state index in [1.807, 2.05) is 0 Å². The molecule has 0 saturated heterocycles. The van der Waals surface area contributed by atoms with E-state index in [0.717, 1.165) is 25.7 Å². The second-order valence-electron chi connectivity index (χ2n) is 9.24. The van der Waals surface area contributed by atoms with Crippen LogP contribution in [0.4, 0.5) is 4.39 Å². The number of fused-ring (bicyclic) bond motifs is 5. The standard InChI is InChI=1S/C20H24Br3FO2/c1-18-6-5-12-10(11(18)3-4-14(18)25)7-20(23,9-21)17-15(24)16(26)13(22)8-19(12,17)2/h10-13H,3-9H2,1-2H3/t10-,11-,12+,13?,18-,19+,20?/m0/s1. The molecule has 0 amide bonds. The van der Waals surface area contributed by atoms with Crippen LogP contribution in [0.25, 0.3) is 0 Å². The summed E-state index contributed by atoms with van der Waals surface area (Å²) in [6.45, 7) is 4.30. The number of halogens is 4. The summed E-state index contributed by atoms with van der Waals surface area (Å²) in [5, 5.41) is 0.569. The molecule has 4 aliphatic carbocycles. The van der Waals surface area contributed by atoms with Gasteiger partial charge in [-0.2, -0.15) is 0 Å². The molecule has 3 fully saturated rings. The molecule has 0 radical (unpaired) electrons. The zero-order chi connectivity index (χ0) is 19.1. The van der Waals surface area contributed by atoms with Crippen LogP contribution in [0, 0.1) is 28.6 Å². The molecule has 0 aromatic carbocycles. The fourth-order valence-corrected chi connectivity index (χ4v) is 9.24. The van der Waals surface area contributed by atoms with Gasteiger partial charge in [0.2, 0.25) is 5.78 Å². The molecule has 2 unspecified atom stereocenters. The first-order chi connectivity index (χ1) is 12.1. The third kappa shape index (κ3) is 2.43. The van der Waals surface area contributed by atoms with E-state index in [-0.39, 0.29) is 10.8 Å². The summed E-state index contributed by atoms with van der Waals surface area (Å²) >= 11 is 10.9. The second-order valence-corrected chi connectivity index (χ2v) is 12.4. The number of rotatable bonds is 1. The molecule has 0 aromatic rings. The predicted molar refractivity (Wildman–Crippen MR) is 111 cm³/mol. The summed E-state index contributed by atoms with van der Waals surface area (Å²) < 4.78 is 14.7. The Balaban J connectivity index is 1.86. The van der Waals surface area contributed by atoms with Crippen molar-refractivity contribution in [2.75, 3.05) is 5.33 Å². The van der Waals surface area contributed by atoms with Crippen LogP contribution in [0.15, 0.2) is 11.4 Å². The maximum atomic E-state index is 15.3. The van der Waals surface area contributed by atoms with Crippen LogP contribution in [-0.4, -0.2) is 26.0 Å². The van der Waals surface area contributed by atoms with Crippen molar-refractivity contribution in [3.8, 4) is 0 Å². The number of allylic oxidation sites excluding steroid dienone is 1. The molecule has 6 heteroatoms. The first-order valence-corrected chi connectivity index (χ1v) is 12.3. The molecular formula is C20H24Br3FO2. The van der Waals surface area contributed by atoms with E-state index < -0.39 is 20.8 Å². The Labute approximate surface area is 179 Å². The van der Waals surface area contributed by atoms with Crippen molar-refractivity contribution in [3.63, 3.8) is 0 Å². The third-order valence-electron chi connectivity index (χ3n) is 8.08. The first-order valence-electron chi connectivity index (χ1n) is 9.46. The average molecular weight is 555 g/mol. The molecule has 0 N–H and O–H groups in total. The topological polar surface area (TPSA) is 34.1 Å². The van der Waals surface area contributed by atoms with Gasteiger partial charge in [0.15, 0.2) is 5.83 Å². The molecule has 0 aromatic heterocycles. The van der Waals surface area contributed by atoms with Gasteiger partial charge >= 0.3 is 0 Å². The van der Waals surface area contributed by atoms with Gasteiger partial charge in [-0.05, 0) is 60.8 Å². The fraction of sp³-hybridized carbons (Fsp3) is 0.800. The van der Waals surface area contributed by atoms with Crippen molar-refractivity contribution in [1.82, 2.24) is 0 Å². The molecule has 0 heterocycles. The van der Waals surface area contributed by atoms with Crippen LogP contribution < -0.4 is 0 Å². The highest BCUT2D eigenvalue weighted by atomic mass is 79.9. The van der Waals surface area contributed by atoms with Crippen LogP contribution in [-0.2, 0) is 9.59 Å².